The Balaban J connectivity index is 2.87. The Morgan fingerprint density at radius 3 is 3.08 bits per heavy atom. The standard InChI is InChI=1S/C8H9FN2O2/c1-13-7(12)3-5-2-6(9)4-11-8(5)10/h2,4H,3H2,1H3,(H2,10,11). The van der Waals surface area contributed by atoms with Gasteiger partial charge in [0.25, 0.3) is 0 Å². The average Bonchev–Trinajstić information content (AvgIpc) is 2.11. The predicted octanol–water partition coefficient (Wildman–Crippen LogP) is 0.518. The number of ether oxygens (including phenoxy) is 1. The van der Waals surface area contributed by atoms with E-state index in [0.29, 0.717) is 5.56 Å². The van der Waals surface area contributed by atoms with Crippen LogP contribution >= 0.6 is 0 Å². The van der Waals surface area contributed by atoms with Gasteiger partial charge in [0.15, 0.2) is 0 Å². The highest BCUT2D eigenvalue weighted by Gasteiger charge is 2.08. The first kappa shape index (κ1) is 9.44. The van der Waals surface area contributed by atoms with Gasteiger partial charge in [-0.2, -0.15) is 0 Å². The smallest absolute Gasteiger partial charge is 0.310 e. The van der Waals surface area contributed by atoms with Crippen molar-refractivity contribution in [2.24, 2.45) is 0 Å². The maximum absolute atomic E-state index is 12.6. The van der Waals surface area contributed by atoms with Crippen molar-refractivity contribution >= 4 is 11.8 Å². The second kappa shape index (κ2) is 3.84. The molecule has 1 aromatic heterocycles. The summed E-state index contributed by atoms with van der Waals surface area (Å²) in [4.78, 5) is 14.4. The molecule has 0 aliphatic heterocycles. The fourth-order valence-corrected chi connectivity index (χ4v) is 0.861. The molecule has 0 saturated carbocycles. The number of nitrogens with two attached hydrogens (primary N) is 1. The van der Waals surface area contributed by atoms with Gasteiger partial charge in [0.2, 0.25) is 0 Å². The number of aromatic nitrogens is 1. The molecule has 0 aliphatic rings. The first-order valence-corrected chi connectivity index (χ1v) is 3.60. The molecule has 0 aliphatic carbocycles. The van der Waals surface area contributed by atoms with Gasteiger partial charge >= 0.3 is 5.97 Å². The highest BCUT2D eigenvalue weighted by Crippen LogP contribution is 2.10. The van der Waals surface area contributed by atoms with Gasteiger partial charge in [0.1, 0.15) is 11.6 Å². The van der Waals surface area contributed by atoms with E-state index in [1.807, 2.05) is 0 Å². The molecule has 0 radical (unpaired) electrons. The number of anilines is 1. The number of esters is 1. The minimum absolute atomic E-state index is 0.0624. The Morgan fingerprint density at radius 1 is 1.77 bits per heavy atom. The van der Waals surface area contributed by atoms with Gasteiger partial charge in [-0.1, -0.05) is 0 Å². The summed E-state index contributed by atoms with van der Waals surface area (Å²) in [7, 11) is 1.26. The van der Waals surface area contributed by atoms with Crippen LogP contribution in [0.4, 0.5) is 10.2 Å². The van der Waals surface area contributed by atoms with E-state index in [4.69, 9.17) is 5.73 Å². The Morgan fingerprint density at radius 2 is 2.46 bits per heavy atom. The lowest BCUT2D eigenvalue weighted by molar-refractivity contribution is -0.139. The van der Waals surface area contributed by atoms with E-state index >= 15 is 0 Å². The number of carbonyl (C=O) groups is 1. The maximum Gasteiger partial charge on any atom is 0.310 e. The van der Waals surface area contributed by atoms with Gasteiger partial charge in [-0.05, 0) is 6.07 Å². The van der Waals surface area contributed by atoms with Crippen molar-refractivity contribution in [3.05, 3.63) is 23.6 Å². The number of nitrogens with zero attached hydrogens (tertiary/aromatic N) is 1. The van der Waals surface area contributed by atoms with Crippen molar-refractivity contribution in [1.82, 2.24) is 4.98 Å². The van der Waals surface area contributed by atoms with Crippen LogP contribution in [-0.4, -0.2) is 18.1 Å². The molecule has 0 spiro atoms. The van der Waals surface area contributed by atoms with Crippen molar-refractivity contribution in [2.75, 3.05) is 12.8 Å². The number of halogens is 1. The Kier molecular flexibility index (Phi) is 2.79. The maximum atomic E-state index is 12.6. The number of rotatable bonds is 2. The molecule has 2 N–H and O–H groups in total. The lowest BCUT2D eigenvalue weighted by Gasteiger charge is -2.02. The normalized spacial score (nSPS) is 9.69. The predicted molar refractivity (Wildman–Crippen MR) is 44.3 cm³/mol. The van der Waals surface area contributed by atoms with Gasteiger partial charge in [-0.3, -0.25) is 4.79 Å². The van der Waals surface area contributed by atoms with E-state index < -0.39 is 11.8 Å². The lowest BCUT2D eigenvalue weighted by Crippen LogP contribution is -2.08. The molecule has 0 aromatic carbocycles. The number of pyridine rings is 1. The van der Waals surface area contributed by atoms with Gasteiger partial charge in [-0.15, -0.1) is 0 Å². The van der Waals surface area contributed by atoms with Gasteiger partial charge in [0, 0.05) is 5.56 Å². The van der Waals surface area contributed by atoms with Crippen molar-refractivity contribution < 1.29 is 13.9 Å². The summed E-state index contributed by atoms with van der Waals surface area (Å²) >= 11 is 0. The number of hydrogen-bond donors (Lipinski definition) is 1. The van der Waals surface area contributed by atoms with E-state index in [9.17, 15) is 9.18 Å². The quantitative estimate of drug-likeness (QED) is 0.680. The zero-order valence-electron chi connectivity index (χ0n) is 7.08. The molecule has 1 aromatic rings. The number of nitrogen functional groups attached to an aromatic ring is 1. The largest absolute Gasteiger partial charge is 0.469 e. The molecule has 0 unspecified atom stereocenters. The molecule has 70 valence electrons. The van der Waals surface area contributed by atoms with Crippen molar-refractivity contribution in [3.8, 4) is 0 Å². The van der Waals surface area contributed by atoms with E-state index in [-0.39, 0.29) is 12.2 Å². The monoisotopic (exact) mass is 184 g/mol. The SMILES string of the molecule is COC(=O)Cc1cc(F)cnc1N. The van der Waals surface area contributed by atoms with Gasteiger partial charge in [0.05, 0.1) is 19.7 Å². The highest BCUT2D eigenvalue weighted by molar-refractivity contribution is 5.74. The molecular formula is C8H9FN2O2. The number of carbonyl (C=O) groups excluding carboxylic acids is 1. The minimum Gasteiger partial charge on any atom is -0.469 e. The summed E-state index contributed by atoms with van der Waals surface area (Å²) in [6.45, 7) is 0. The van der Waals surface area contributed by atoms with Crippen LogP contribution in [-0.2, 0) is 16.0 Å². The van der Waals surface area contributed by atoms with E-state index in [1.165, 1.54) is 13.2 Å². The van der Waals surface area contributed by atoms with Crippen LogP contribution in [0.2, 0.25) is 0 Å². The van der Waals surface area contributed by atoms with E-state index in [1.54, 1.807) is 0 Å². The molecule has 0 bridgehead atoms. The van der Waals surface area contributed by atoms with Gasteiger partial charge in [-0.25, -0.2) is 9.37 Å². The summed E-state index contributed by atoms with van der Waals surface area (Å²) < 4.78 is 17.0. The van der Waals surface area contributed by atoms with E-state index in [2.05, 4.69) is 9.72 Å². The Labute approximate surface area is 74.5 Å². The number of hydrogen-bond acceptors (Lipinski definition) is 4. The van der Waals surface area contributed by atoms with Crippen LogP contribution in [0.15, 0.2) is 12.3 Å². The van der Waals surface area contributed by atoms with Crippen molar-refractivity contribution in [2.45, 2.75) is 6.42 Å². The molecule has 1 heterocycles. The highest BCUT2D eigenvalue weighted by atomic mass is 19.1. The fourth-order valence-electron chi connectivity index (χ4n) is 0.861. The van der Waals surface area contributed by atoms with Crippen molar-refractivity contribution in [1.29, 1.82) is 0 Å². The van der Waals surface area contributed by atoms with Crippen molar-refractivity contribution in [3.63, 3.8) is 0 Å². The molecule has 0 atom stereocenters. The van der Waals surface area contributed by atoms with Gasteiger partial charge < -0.3 is 10.5 Å². The van der Waals surface area contributed by atoms with Crippen LogP contribution < -0.4 is 5.73 Å². The number of methoxy groups -OCH3 is 1. The topological polar surface area (TPSA) is 65.2 Å². The molecule has 1 rings (SSSR count). The lowest BCUT2D eigenvalue weighted by atomic mass is 10.2. The van der Waals surface area contributed by atoms with Crippen LogP contribution in [0.25, 0.3) is 0 Å². The fraction of sp³-hybridized carbons (Fsp3) is 0.250. The van der Waals surface area contributed by atoms with Crippen LogP contribution in [0.1, 0.15) is 5.56 Å². The molecule has 0 saturated heterocycles. The molecule has 4 nitrogen and oxygen atoms in total. The zero-order valence-corrected chi connectivity index (χ0v) is 7.08. The Bertz CT molecular complexity index is 328. The van der Waals surface area contributed by atoms with E-state index in [0.717, 1.165) is 6.20 Å². The molecule has 0 amide bonds. The minimum atomic E-state index is -0.520. The van der Waals surface area contributed by atoms with Crippen LogP contribution in [0.3, 0.4) is 0 Å². The second-order valence-electron chi connectivity index (χ2n) is 2.45. The summed E-state index contributed by atoms with van der Waals surface area (Å²) in [6, 6.07) is 1.17. The third-order valence-corrected chi connectivity index (χ3v) is 1.53. The summed E-state index contributed by atoms with van der Waals surface area (Å²) in [5.41, 5.74) is 5.75. The summed E-state index contributed by atoms with van der Waals surface area (Å²) in [6.07, 6.45) is 0.934. The average molecular weight is 184 g/mol. The second-order valence-corrected chi connectivity index (χ2v) is 2.45. The molecule has 5 heteroatoms. The summed E-state index contributed by atoms with van der Waals surface area (Å²) in [5, 5.41) is 0. The Hall–Kier alpha value is -1.65. The first-order chi connectivity index (χ1) is 6.13. The molecule has 0 fully saturated rings. The third-order valence-electron chi connectivity index (χ3n) is 1.53. The first-order valence-electron chi connectivity index (χ1n) is 3.60. The molecule has 13 heavy (non-hydrogen) atoms. The molecular weight excluding hydrogens is 175 g/mol. The summed E-state index contributed by atoms with van der Waals surface area (Å²) in [5.74, 6) is -0.848. The van der Waals surface area contributed by atoms with Crippen LogP contribution in [0.5, 0.6) is 0 Å². The third kappa shape index (κ3) is 2.40. The van der Waals surface area contributed by atoms with Crippen LogP contribution in [0, 0.1) is 5.82 Å². The zero-order chi connectivity index (χ0) is 9.84.